The van der Waals surface area contributed by atoms with Crippen molar-refractivity contribution in [2.75, 3.05) is 26.2 Å². The lowest BCUT2D eigenvalue weighted by Crippen LogP contribution is -2.50. The van der Waals surface area contributed by atoms with Crippen LogP contribution in [0.4, 0.5) is 0 Å². The number of hydrogen-bond acceptors (Lipinski definition) is 3. The summed E-state index contributed by atoms with van der Waals surface area (Å²) in [5.41, 5.74) is 0.0387. The van der Waals surface area contributed by atoms with Gasteiger partial charge in [0.15, 0.2) is 0 Å². The van der Waals surface area contributed by atoms with Crippen LogP contribution in [0.25, 0.3) is 0 Å². The van der Waals surface area contributed by atoms with Crippen LogP contribution in [0, 0.1) is 16.7 Å². The molecule has 2 fully saturated rings. The van der Waals surface area contributed by atoms with Crippen LogP contribution in [0.2, 0.25) is 0 Å². The van der Waals surface area contributed by atoms with E-state index in [9.17, 15) is 0 Å². The van der Waals surface area contributed by atoms with E-state index >= 15 is 0 Å². The van der Waals surface area contributed by atoms with Crippen molar-refractivity contribution in [2.45, 2.75) is 25.8 Å². The van der Waals surface area contributed by atoms with Gasteiger partial charge < -0.3 is 5.32 Å². The molecule has 2 aliphatic rings. The maximum atomic E-state index is 8.96. The normalized spacial score (nSPS) is 32.5. The van der Waals surface area contributed by atoms with E-state index in [4.69, 9.17) is 5.26 Å². The lowest BCUT2D eigenvalue weighted by atomic mass is 10.1. The van der Waals surface area contributed by atoms with E-state index in [1.54, 1.807) is 0 Å². The van der Waals surface area contributed by atoms with Crippen LogP contribution in [0.1, 0.15) is 19.8 Å². The third-order valence-corrected chi connectivity index (χ3v) is 3.07. The molecule has 0 unspecified atom stereocenters. The first-order valence-corrected chi connectivity index (χ1v) is 5.11. The topological polar surface area (TPSA) is 39.1 Å². The van der Waals surface area contributed by atoms with Crippen molar-refractivity contribution >= 4 is 0 Å². The van der Waals surface area contributed by atoms with E-state index in [1.807, 2.05) is 0 Å². The smallest absolute Gasteiger partial charge is 0.0703 e. The van der Waals surface area contributed by atoms with E-state index in [0.717, 1.165) is 39.0 Å². The molecule has 1 aliphatic heterocycles. The zero-order valence-corrected chi connectivity index (χ0v) is 8.21. The third-order valence-electron chi connectivity index (χ3n) is 3.07. The highest BCUT2D eigenvalue weighted by molar-refractivity contribution is 5.11. The van der Waals surface area contributed by atoms with Crippen molar-refractivity contribution in [1.82, 2.24) is 10.2 Å². The molecular weight excluding hydrogens is 162 g/mol. The monoisotopic (exact) mass is 179 g/mol. The first-order chi connectivity index (χ1) is 6.24. The standard InChI is InChI=1S/C10H17N3/c1-9-6-13(5-4-12-9)8-10(7-11)2-3-10/h9,12H,2-6,8H2,1H3/t9-/m1/s1. The van der Waals surface area contributed by atoms with E-state index in [-0.39, 0.29) is 5.41 Å². The predicted octanol–water partition coefficient (Wildman–Crippen LogP) is 0.584. The summed E-state index contributed by atoms with van der Waals surface area (Å²) in [4.78, 5) is 2.43. The number of hydrogen-bond donors (Lipinski definition) is 1. The molecule has 0 aromatic rings. The Labute approximate surface area is 79.7 Å². The van der Waals surface area contributed by atoms with Gasteiger partial charge in [-0.05, 0) is 19.8 Å². The summed E-state index contributed by atoms with van der Waals surface area (Å²) in [6.45, 7) is 6.48. The minimum Gasteiger partial charge on any atom is -0.312 e. The average Bonchev–Trinajstić information content (AvgIpc) is 2.86. The SMILES string of the molecule is C[C@@H]1CN(CC2(C#N)CC2)CCN1. The second kappa shape index (κ2) is 3.28. The number of nitrogens with one attached hydrogen (secondary N) is 1. The molecule has 1 aliphatic carbocycles. The highest BCUT2D eigenvalue weighted by Gasteiger charge is 2.44. The van der Waals surface area contributed by atoms with Gasteiger partial charge in [-0.15, -0.1) is 0 Å². The van der Waals surface area contributed by atoms with E-state index in [2.05, 4.69) is 23.2 Å². The summed E-state index contributed by atoms with van der Waals surface area (Å²) in [7, 11) is 0. The lowest BCUT2D eigenvalue weighted by Gasteiger charge is -2.32. The van der Waals surface area contributed by atoms with Crippen LogP contribution in [0.15, 0.2) is 0 Å². The maximum absolute atomic E-state index is 8.96. The van der Waals surface area contributed by atoms with Crippen molar-refractivity contribution < 1.29 is 0 Å². The minimum absolute atomic E-state index is 0.0387. The first-order valence-electron chi connectivity index (χ1n) is 5.11. The van der Waals surface area contributed by atoms with Crippen LogP contribution in [-0.4, -0.2) is 37.1 Å². The van der Waals surface area contributed by atoms with Gasteiger partial charge in [-0.25, -0.2) is 0 Å². The van der Waals surface area contributed by atoms with E-state index in [1.165, 1.54) is 0 Å². The Morgan fingerprint density at radius 3 is 2.92 bits per heavy atom. The van der Waals surface area contributed by atoms with Gasteiger partial charge in [0.2, 0.25) is 0 Å². The van der Waals surface area contributed by atoms with Gasteiger partial charge in [0.25, 0.3) is 0 Å². The Kier molecular flexibility index (Phi) is 2.27. The third kappa shape index (κ3) is 2.01. The highest BCUT2D eigenvalue weighted by atomic mass is 15.2. The molecule has 13 heavy (non-hydrogen) atoms. The number of piperazine rings is 1. The zero-order chi connectivity index (χ0) is 9.31. The quantitative estimate of drug-likeness (QED) is 0.674. The van der Waals surface area contributed by atoms with Gasteiger partial charge in [0, 0.05) is 32.2 Å². The van der Waals surface area contributed by atoms with E-state index < -0.39 is 0 Å². The summed E-state index contributed by atoms with van der Waals surface area (Å²) in [5, 5.41) is 12.4. The van der Waals surface area contributed by atoms with Crippen LogP contribution < -0.4 is 5.32 Å². The predicted molar refractivity (Wildman–Crippen MR) is 51.2 cm³/mol. The van der Waals surface area contributed by atoms with Crippen molar-refractivity contribution in [2.24, 2.45) is 5.41 Å². The Morgan fingerprint density at radius 1 is 1.62 bits per heavy atom. The summed E-state index contributed by atoms with van der Waals surface area (Å²) < 4.78 is 0. The van der Waals surface area contributed by atoms with Gasteiger partial charge in [0.1, 0.15) is 0 Å². The van der Waals surface area contributed by atoms with Gasteiger partial charge in [-0.2, -0.15) is 5.26 Å². The summed E-state index contributed by atoms with van der Waals surface area (Å²) in [6, 6.07) is 3.04. The van der Waals surface area contributed by atoms with E-state index in [0.29, 0.717) is 6.04 Å². The van der Waals surface area contributed by atoms with Gasteiger partial charge in [0.05, 0.1) is 11.5 Å². The van der Waals surface area contributed by atoms with Crippen LogP contribution >= 0.6 is 0 Å². The fourth-order valence-electron chi connectivity index (χ4n) is 2.04. The van der Waals surface area contributed by atoms with Crippen LogP contribution in [0.5, 0.6) is 0 Å². The van der Waals surface area contributed by atoms with Crippen molar-refractivity contribution in [3.8, 4) is 6.07 Å². The number of rotatable bonds is 2. The fourth-order valence-corrected chi connectivity index (χ4v) is 2.04. The summed E-state index contributed by atoms with van der Waals surface area (Å²) in [6.07, 6.45) is 2.23. The Hall–Kier alpha value is -0.590. The summed E-state index contributed by atoms with van der Waals surface area (Å²) in [5.74, 6) is 0. The molecule has 2 rings (SSSR count). The van der Waals surface area contributed by atoms with Gasteiger partial charge >= 0.3 is 0 Å². The Balaban J connectivity index is 1.85. The lowest BCUT2D eigenvalue weighted by molar-refractivity contribution is 0.186. The van der Waals surface area contributed by atoms with Gasteiger partial charge in [-0.3, -0.25) is 4.90 Å². The molecule has 1 saturated carbocycles. The second-order valence-corrected chi connectivity index (χ2v) is 4.48. The number of nitrogens with zero attached hydrogens (tertiary/aromatic N) is 2. The molecule has 3 nitrogen and oxygen atoms in total. The highest BCUT2D eigenvalue weighted by Crippen LogP contribution is 2.45. The molecule has 1 N–H and O–H groups in total. The minimum atomic E-state index is 0.0387. The molecule has 0 bridgehead atoms. The molecule has 1 heterocycles. The van der Waals surface area contributed by atoms with Crippen molar-refractivity contribution in [3.63, 3.8) is 0 Å². The maximum Gasteiger partial charge on any atom is 0.0703 e. The largest absolute Gasteiger partial charge is 0.312 e. The first kappa shape index (κ1) is 8.98. The molecule has 0 spiro atoms. The molecule has 0 aromatic heterocycles. The Morgan fingerprint density at radius 2 is 2.38 bits per heavy atom. The van der Waals surface area contributed by atoms with Crippen LogP contribution in [-0.2, 0) is 0 Å². The molecular formula is C10H17N3. The molecule has 0 amide bonds. The molecule has 1 atom stereocenters. The number of nitriles is 1. The van der Waals surface area contributed by atoms with Crippen molar-refractivity contribution in [1.29, 1.82) is 5.26 Å². The summed E-state index contributed by atoms with van der Waals surface area (Å²) >= 11 is 0. The molecule has 72 valence electrons. The van der Waals surface area contributed by atoms with Crippen molar-refractivity contribution in [3.05, 3.63) is 0 Å². The Bertz CT molecular complexity index is 227. The molecule has 0 aromatic carbocycles. The van der Waals surface area contributed by atoms with Gasteiger partial charge in [-0.1, -0.05) is 0 Å². The second-order valence-electron chi connectivity index (χ2n) is 4.48. The molecule has 3 heteroatoms. The average molecular weight is 179 g/mol. The molecule has 1 saturated heterocycles. The zero-order valence-electron chi connectivity index (χ0n) is 8.21. The fraction of sp³-hybridized carbons (Fsp3) is 0.900. The van der Waals surface area contributed by atoms with Crippen LogP contribution in [0.3, 0.4) is 0 Å². The molecule has 0 radical (unpaired) electrons.